The van der Waals surface area contributed by atoms with Crippen LogP contribution in [0.25, 0.3) is 0 Å². The molecule has 92 valence electrons. The monoisotopic (exact) mass is 227 g/mol. The summed E-state index contributed by atoms with van der Waals surface area (Å²) in [5, 5.41) is 17.5. The van der Waals surface area contributed by atoms with E-state index in [4.69, 9.17) is 4.74 Å². The van der Waals surface area contributed by atoms with Crippen molar-refractivity contribution in [2.24, 2.45) is 7.05 Å². The number of hydrogen-bond donors (Lipinski definition) is 2. The topological polar surface area (TPSA) is 59.3 Å². The van der Waals surface area contributed by atoms with Crippen LogP contribution in [-0.4, -0.2) is 47.3 Å². The van der Waals surface area contributed by atoms with E-state index in [1.165, 1.54) is 0 Å². The van der Waals surface area contributed by atoms with Gasteiger partial charge in [-0.1, -0.05) is 0 Å². The number of methoxy groups -OCH3 is 1. The molecule has 0 amide bonds. The molecule has 0 aliphatic rings. The lowest BCUT2D eigenvalue weighted by atomic mass is 10.0. The standard InChI is InChI=1S/C11H21N3O2/c1-11(15,9-12-5-7-16-3)8-10-4-6-14(2)13-10/h4,6,12,15H,5,7-9H2,1-3H3. The van der Waals surface area contributed by atoms with Crippen molar-refractivity contribution >= 4 is 0 Å². The second-order valence-corrected chi connectivity index (χ2v) is 4.32. The van der Waals surface area contributed by atoms with Crippen LogP contribution in [0, 0.1) is 0 Å². The smallest absolute Gasteiger partial charge is 0.0799 e. The molecular weight excluding hydrogens is 206 g/mol. The second-order valence-electron chi connectivity index (χ2n) is 4.32. The van der Waals surface area contributed by atoms with Gasteiger partial charge in [0, 0.05) is 39.9 Å². The SMILES string of the molecule is COCCNCC(C)(O)Cc1ccn(C)n1. The molecule has 1 rings (SSSR count). The minimum Gasteiger partial charge on any atom is -0.388 e. The fraction of sp³-hybridized carbons (Fsp3) is 0.727. The van der Waals surface area contributed by atoms with Crippen molar-refractivity contribution < 1.29 is 9.84 Å². The van der Waals surface area contributed by atoms with E-state index in [-0.39, 0.29) is 0 Å². The highest BCUT2D eigenvalue weighted by Crippen LogP contribution is 2.10. The lowest BCUT2D eigenvalue weighted by molar-refractivity contribution is 0.0571. The summed E-state index contributed by atoms with van der Waals surface area (Å²) in [6.07, 6.45) is 2.43. The summed E-state index contributed by atoms with van der Waals surface area (Å²) in [6, 6.07) is 1.92. The van der Waals surface area contributed by atoms with Gasteiger partial charge in [-0.3, -0.25) is 4.68 Å². The van der Waals surface area contributed by atoms with E-state index in [1.807, 2.05) is 26.2 Å². The highest BCUT2D eigenvalue weighted by atomic mass is 16.5. The summed E-state index contributed by atoms with van der Waals surface area (Å²) >= 11 is 0. The quantitative estimate of drug-likeness (QED) is 0.641. The summed E-state index contributed by atoms with van der Waals surface area (Å²) in [5.74, 6) is 0. The van der Waals surface area contributed by atoms with E-state index in [9.17, 15) is 5.11 Å². The molecule has 1 aromatic heterocycles. The van der Waals surface area contributed by atoms with Gasteiger partial charge in [-0.2, -0.15) is 5.10 Å². The van der Waals surface area contributed by atoms with E-state index >= 15 is 0 Å². The third-order valence-electron chi connectivity index (χ3n) is 2.32. The number of ether oxygens (including phenoxy) is 1. The molecule has 0 fully saturated rings. The van der Waals surface area contributed by atoms with Crippen molar-refractivity contribution in [3.8, 4) is 0 Å². The first-order chi connectivity index (χ1) is 7.53. The van der Waals surface area contributed by atoms with Crippen LogP contribution in [0.3, 0.4) is 0 Å². The van der Waals surface area contributed by atoms with Crippen molar-refractivity contribution in [2.45, 2.75) is 18.9 Å². The Kier molecular flexibility index (Phi) is 4.92. The number of nitrogens with zero attached hydrogens (tertiary/aromatic N) is 2. The maximum Gasteiger partial charge on any atom is 0.0799 e. The molecule has 0 aliphatic heterocycles. The van der Waals surface area contributed by atoms with Crippen LogP contribution in [0.1, 0.15) is 12.6 Å². The predicted molar refractivity (Wildman–Crippen MR) is 62.3 cm³/mol. The zero-order chi connectivity index (χ0) is 12.0. The van der Waals surface area contributed by atoms with Gasteiger partial charge in [0.05, 0.1) is 17.9 Å². The first kappa shape index (κ1) is 13.2. The third-order valence-corrected chi connectivity index (χ3v) is 2.32. The van der Waals surface area contributed by atoms with E-state index in [0.29, 0.717) is 19.6 Å². The molecule has 0 aromatic carbocycles. The third kappa shape index (κ3) is 4.74. The maximum atomic E-state index is 10.1. The van der Waals surface area contributed by atoms with Gasteiger partial charge in [-0.25, -0.2) is 0 Å². The van der Waals surface area contributed by atoms with Gasteiger partial charge in [0.1, 0.15) is 0 Å². The molecule has 5 heteroatoms. The normalized spacial score (nSPS) is 15.0. The van der Waals surface area contributed by atoms with Crippen LogP contribution in [0.5, 0.6) is 0 Å². The largest absolute Gasteiger partial charge is 0.388 e. The van der Waals surface area contributed by atoms with E-state index in [2.05, 4.69) is 10.4 Å². The molecule has 5 nitrogen and oxygen atoms in total. The van der Waals surface area contributed by atoms with E-state index < -0.39 is 5.60 Å². The van der Waals surface area contributed by atoms with Gasteiger partial charge >= 0.3 is 0 Å². The molecule has 16 heavy (non-hydrogen) atoms. The van der Waals surface area contributed by atoms with Crippen LogP contribution in [-0.2, 0) is 18.2 Å². The molecule has 1 aromatic rings. The fourth-order valence-corrected chi connectivity index (χ4v) is 1.54. The zero-order valence-corrected chi connectivity index (χ0v) is 10.2. The highest BCUT2D eigenvalue weighted by Gasteiger charge is 2.21. The minimum atomic E-state index is -0.776. The summed E-state index contributed by atoms with van der Waals surface area (Å²) < 4.78 is 6.66. The molecule has 0 bridgehead atoms. The van der Waals surface area contributed by atoms with Crippen molar-refractivity contribution in [3.63, 3.8) is 0 Å². The van der Waals surface area contributed by atoms with Crippen LogP contribution in [0.4, 0.5) is 0 Å². The van der Waals surface area contributed by atoms with Gasteiger partial charge in [0.15, 0.2) is 0 Å². The Morgan fingerprint density at radius 3 is 2.94 bits per heavy atom. The lowest BCUT2D eigenvalue weighted by Gasteiger charge is -2.22. The highest BCUT2D eigenvalue weighted by molar-refractivity contribution is 5.03. The Morgan fingerprint density at radius 1 is 1.62 bits per heavy atom. The number of aliphatic hydroxyl groups is 1. The molecule has 0 saturated heterocycles. The summed E-state index contributed by atoms with van der Waals surface area (Å²) in [5.41, 5.74) is 0.128. The Bertz CT molecular complexity index is 310. The molecule has 1 atom stereocenters. The number of nitrogens with one attached hydrogen (secondary N) is 1. The van der Waals surface area contributed by atoms with Gasteiger partial charge < -0.3 is 15.2 Å². The Morgan fingerprint density at radius 2 is 2.38 bits per heavy atom. The number of aromatic nitrogens is 2. The van der Waals surface area contributed by atoms with Crippen LogP contribution in [0.2, 0.25) is 0 Å². The summed E-state index contributed by atoms with van der Waals surface area (Å²) in [6.45, 7) is 3.74. The molecule has 1 unspecified atom stereocenters. The predicted octanol–water partition coefficient (Wildman–Crippen LogP) is -0.0504. The van der Waals surface area contributed by atoms with Gasteiger partial charge in [-0.15, -0.1) is 0 Å². The van der Waals surface area contributed by atoms with E-state index in [0.717, 1.165) is 12.2 Å². The first-order valence-electron chi connectivity index (χ1n) is 5.44. The average Bonchev–Trinajstić information content (AvgIpc) is 2.58. The molecule has 0 aliphatic carbocycles. The number of hydrogen-bond acceptors (Lipinski definition) is 4. The molecular formula is C11H21N3O2. The van der Waals surface area contributed by atoms with Crippen molar-refractivity contribution in [1.29, 1.82) is 0 Å². The molecule has 2 N–H and O–H groups in total. The summed E-state index contributed by atoms with van der Waals surface area (Å²) in [7, 11) is 3.53. The molecule has 0 radical (unpaired) electrons. The van der Waals surface area contributed by atoms with Gasteiger partial charge in [0.25, 0.3) is 0 Å². The Labute approximate surface area is 96.4 Å². The average molecular weight is 227 g/mol. The number of aryl methyl sites for hydroxylation is 1. The van der Waals surface area contributed by atoms with Crippen LogP contribution in [0.15, 0.2) is 12.3 Å². The first-order valence-corrected chi connectivity index (χ1v) is 5.44. The lowest BCUT2D eigenvalue weighted by Crippen LogP contribution is -2.40. The zero-order valence-electron chi connectivity index (χ0n) is 10.2. The van der Waals surface area contributed by atoms with Crippen molar-refractivity contribution in [2.75, 3.05) is 26.8 Å². The minimum absolute atomic E-state index is 0.535. The van der Waals surface area contributed by atoms with Crippen LogP contribution < -0.4 is 5.32 Å². The number of rotatable bonds is 7. The van der Waals surface area contributed by atoms with Gasteiger partial charge in [0.2, 0.25) is 0 Å². The molecule has 0 spiro atoms. The van der Waals surface area contributed by atoms with Crippen molar-refractivity contribution in [3.05, 3.63) is 18.0 Å². The molecule has 0 saturated carbocycles. The van der Waals surface area contributed by atoms with E-state index in [1.54, 1.807) is 11.8 Å². The molecule has 1 heterocycles. The summed E-state index contributed by atoms with van der Waals surface area (Å²) in [4.78, 5) is 0. The van der Waals surface area contributed by atoms with Crippen LogP contribution >= 0.6 is 0 Å². The van der Waals surface area contributed by atoms with Gasteiger partial charge in [-0.05, 0) is 13.0 Å². The Balaban J connectivity index is 2.33. The van der Waals surface area contributed by atoms with Crippen molar-refractivity contribution in [1.82, 2.24) is 15.1 Å². The maximum absolute atomic E-state index is 10.1. The Hall–Kier alpha value is -0.910. The fourth-order valence-electron chi connectivity index (χ4n) is 1.54. The second kappa shape index (κ2) is 5.98.